The number of carbonyl (C=O) groups is 3. The van der Waals surface area contributed by atoms with Crippen molar-refractivity contribution < 1.29 is 14.4 Å². The zero-order valence-electron chi connectivity index (χ0n) is 13.6. The van der Waals surface area contributed by atoms with E-state index in [2.05, 4.69) is 0 Å². The van der Waals surface area contributed by atoms with Gasteiger partial charge in [0.2, 0.25) is 0 Å². The molecule has 2 heterocycles. The van der Waals surface area contributed by atoms with Crippen LogP contribution >= 0.6 is 0 Å². The predicted molar refractivity (Wildman–Crippen MR) is 91.6 cm³/mol. The molecule has 0 aliphatic carbocycles. The van der Waals surface area contributed by atoms with Crippen molar-refractivity contribution in [2.24, 2.45) is 0 Å². The van der Waals surface area contributed by atoms with Gasteiger partial charge >= 0.3 is 0 Å². The third kappa shape index (κ3) is 2.12. The fourth-order valence-electron chi connectivity index (χ4n) is 3.53. The zero-order chi connectivity index (χ0) is 17.6. The van der Waals surface area contributed by atoms with Crippen LogP contribution in [0.4, 0.5) is 0 Å². The second-order valence-corrected chi connectivity index (χ2v) is 6.05. The Morgan fingerprint density at radius 1 is 0.800 bits per heavy atom. The highest BCUT2D eigenvalue weighted by Crippen LogP contribution is 2.41. The number of β-lactam (4-membered cyclic amide) rings is 1. The van der Waals surface area contributed by atoms with Gasteiger partial charge in [-0.05, 0) is 24.6 Å². The first kappa shape index (κ1) is 15.3. The molecule has 2 aliphatic rings. The van der Waals surface area contributed by atoms with Crippen LogP contribution in [0.25, 0.3) is 0 Å². The zero-order valence-corrected chi connectivity index (χ0v) is 13.6. The molecule has 1 saturated heterocycles. The molecule has 0 aromatic heterocycles. The van der Waals surface area contributed by atoms with E-state index in [-0.39, 0.29) is 11.9 Å². The standard InChI is InChI=1S/C20H16N2O3/c1-2-12-21-16(13-8-4-3-5-9-13)17(20(21)25)22-18(23)14-10-6-7-11-15(14)19(22)24/h2-12,16-17H,1H3/b12-2-/t16-,17-/m1/s1. The van der Waals surface area contributed by atoms with Gasteiger partial charge in [-0.25, -0.2) is 0 Å². The average Bonchev–Trinajstić information content (AvgIpc) is 2.89. The van der Waals surface area contributed by atoms with Crippen molar-refractivity contribution in [2.45, 2.75) is 19.0 Å². The quantitative estimate of drug-likeness (QED) is 0.641. The fourth-order valence-corrected chi connectivity index (χ4v) is 3.53. The highest BCUT2D eigenvalue weighted by molar-refractivity contribution is 6.23. The normalized spacial score (nSPS) is 22.5. The SMILES string of the molecule is C/C=C\N1C(=O)[C@H](N2C(=O)c3ccccc3C2=O)[C@H]1c1ccccc1. The molecule has 2 aromatic rings. The Kier molecular flexibility index (Phi) is 3.50. The maximum absolute atomic E-state index is 12.7. The van der Waals surface area contributed by atoms with Gasteiger partial charge in [0.15, 0.2) is 0 Å². The number of imide groups is 1. The van der Waals surface area contributed by atoms with Crippen molar-refractivity contribution in [2.75, 3.05) is 0 Å². The van der Waals surface area contributed by atoms with E-state index in [1.165, 1.54) is 0 Å². The summed E-state index contributed by atoms with van der Waals surface area (Å²) in [6.07, 6.45) is 3.46. The number of hydrogen-bond acceptors (Lipinski definition) is 3. The van der Waals surface area contributed by atoms with Crippen LogP contribution in [0, 0.1) is 0 Å². The van der Waals surface area contributed by atoms with Gasteiger partial charge in [-0.15, -0.1) is 0 Å². The summed E-state index contributed by atoms with van der Waals surface area (Å²) < 4.78 is 0. The van der Waals surface area contributed by atoms with Crippen LogP contribution in [0.2, 0.25) is 0 Å². The van der Waals surface area contributed by atoms with E-state index < -0.39 is 17.9 Å². The molecule has 0 saturated carbocycles. The van der Waals surface area contributed by atoms with E-state index >= 15 is 0 Å². The Morgan fingerprint density at radius 3 is 1.92 bits per heavy atom. The third-order valence-electron chi connectivity index (χ3n) is 4.66. The minimum Gasteiger partial charge on any atom is -0.307 e. The molecule has 0 unspecified atom stereocenters. The van der Waals surface area contributed by atoms with Gasteiger partial charge in [0.1, 0.15) is 6.04 Å². The molecular formula is C20H16N2O3. The summed E-state index contributed by atoms with van der Waals surface area (Å²) >= 11 is 0. The van der Waals surface area contributed by atoms with E-state index in [9.17, 15) is 14.4 Å². The maximum atomic E-state index is 12.7. The van der Waals surface area contributed by atoms with Crippen molar-refractivity contribution in [1.82, 2.24) is 9.80 Å². The van der Waals surface area contributed by atoms with Gasteiger partial charge in [0, 0.05) is 6.20 Å². The number of carbonyl (C=O) groups excluding carboxylic acids is 3. The Labute approximate surface area is 145 Å². The van der Waals surface area contributed by atoms with Gasteiger partial charge in [-0.2, -0.15) is 0 Å². The first-order valence-corrected chi connectivity index (χ1v) is 8.12. The van der Waals surface area contributed by atoms with Crippen LogP contribution in [0.5, 0.6) is 0 Å². The minimum absolute atomic E-state index is 0.249. The first-order valence-electron chi connectivity index (χ1n) is 8.12. The van der Waals surface area contributed by atoms with Crippen molar-refractivity contribution in [3.63, 3.8) is 0 Å². The van der Waals surface area contributed by atoms with E-state index in [4.69, 9.17) is 0 Å². The van der Waals surface area contributed by atoms with E-state index in [0.717, 1.165) is 10.5 Å². The van der Waals surface area contributed by atoms with Gasteiger partial charge < -0.3 is 4.90 Å². The molecule has 0 radical (unpaired) electrons. The lowest BCUT2D eigenvalue weighted by molar-refractivity contribution is -0.150. The summed E-state index contributed by atoms with van der Waals surface area (Å²) in [4.78, 5) is 40.9. The summed E-state index contributed by atoms with van der Waals surface area (Å²) in [5.41, 5.74) is 1.61. The molecule has 4 rings (SSSR count). The number of rotatable bonds is 3. The van der Waals surface area contributed by atoms with Crippen LogP contribution in [0.15, 0.2) is 66.9 Å². The first-order chi connectivity index (χ1) is 12.1. The third-order valence-corrected chi connectivity index (χ3v) is 4.66. The summed E-state index contributed by atoms with van der Waals surface area (Å²) in [5, 5.41) is 0. The van der Waals surface area contributed by atoms with Crippen LogP contribution in [-0.4, -0.2) is 33.6 Å². The molecule has 2 aromatic carbocycles. The molecule has 25 heavy (non-hydrogen) atoms. The molecule has 5 nitrogen and oxygen atoms in total. The highest BCUT2D eigenvalue weighted by atomic mass is 16.2. The Balaban J connectivity index is 1.76. The topological polar surface area (TPSA) is 57.7 Å². The molecule has 1 fully saturated rings. The monoisotopic (exact) mass is 332 g/mol. The van der Waals surface area contributed by atoms with E-state index in [0.29, 0.717) is 11.1 Å². The van der Waals surface area contributed by atoms with Gasteiger partial charge in [-0.1, -0.05) is 48.5 Å². The highest BCUT2D eigenvalue weighted by Gasteiger charge is 2.56. The Bertz CT molecular complexity index is 869. The van der Waals surface area contributed by atoms with E-state index in [1.807, 2.05) is 37.3 Å². The summed E-state index contributed by atoms with van der Waals surface area (Å²) in [6.45, 7) is 1.82. The van der Waals surface area contributed by atoms with Crippen molar-refractivity contribution in [3.8, 4) is 0 Å². The van der Waals surface area contributed by atoms with Crippen molar-refractivity contribution >= 4 is 17.7 Å². The molecule has 0 bridgehead atoms. The second-order valence-electron chi connectivity index (χ2n) is 6.05. The number of hydrogen-bond donors (Lipinski definition) is 0. The number of likely N-dealkylation sites (tertiary alicyclic amines) is 1. The van der Waals surface area contributed by atoms with Crippen molar-refractivity contribution in [3.05, 3.63) is 83.6 Å². The van der Waals surface area contributed by atoms with Crippen LogP contribution in [0.1, 0.15) is 39.2 Å². The molecule has 3 amide bonds. The predicted octanol–water partition coefficient (Wildman–Crippen LogP) is 2.77. The van der Waals surface area contributed by atoms with Gasteiger partial charge in [0.25, 0.3) is 17.7 Å². The maximum Gasteiger partial charge on any atom is 0.262 e. The van der Waals surface area contributed by atoms with Crippen LogP contribution in [-0.2, 0) is 4.79 Å². The Hall–Kier alpha value is -3.21. The molecule has 0 spiro atoms. The molecule has 5 heteroatoms. The van der Waals surface area contributed by atoms with E-state index in [1.54, 1.807) is 41.4 Å². The Morgan fingerprint density at radius 2 is 1.36 bits per heavy atom. The largest absolute Gasteiger partial charge is 0.307 e. The molecule has 2 atom stereocenters. The van der Waals surface area contributed by atoms with Gasteiger partial charge in [0.05, 0.1) is 17.2 Å². The lowest BCUT2D eigenvalue weighted by Crippen LogP contribution is -2.64. The van der Waals surface area contributed by atoms with Crippen molar-refractivity contribution in [1.29, 1.82) is 0 Å². The molecular weight excluding hydrogens is 316 g/mol. The number of fused-ring (bicyclic) bond motifs is 1. The lowest BCUT2D eigenvalue weighted by Gasteiger charge is -2.48. The van der Waals surface area contributed by atoms with Crippen LogP contribution < -0.4 is 0 Å². The summed E-state index contributed by atoms with van der Waals surface area (Å²) in [6, 6.07) is 15.0. The molecule has 124 valence electrons. The van der Waals surface area contributed by atoms with Gasteiger partial charge in [-0.3, -0.25) is 19.3 Å². The lowest BCUT2D eigenvalue weighted by atomic mass is 9.87. The second kappa shape index (κ2) is 5.70. The molecule has 0 N–H and O–H groups in total. The minimum atomic E-state index is -0.814. The summed E-state index contributed by atoms with van der Waals surface area (Å²) in [5.74, 6) is -1.05. The average molecular weight is 332 g/mol. The smallest absolute Gasteiger partial charge is 0.262 e. The number of amides is 3. The molecule has 2 aliphatic heterocycles. The summed E-state index contributed by atoms with van der Waals surface area (Å²) in [7, 11) is 0. The number of benzene rings is 2. The fraction of sp³-hybridized carbons (Fsp3) is 0.150. The number of allylic oxidation sites excluding steroid dienone is 1. The number of nitrogens with zero attached hydrogens (tertiary/aromatic N) is 2. The van der Waals surface area contributed by atoms with Crippen LogP contribution in [0.3, 0.4) is 0 Å².